The first-order chi connectivity index (χ1) is 17.3. The van der Waals surface area contributed by atoms with Gasteiger partial charge < -0.3 is 4.90 Å². The minimum Gasteiger partial charge on any atom is -0.357 e. The number of hydrogen-bond donors (Lipinski definition) is 0. The van der Waals surface area contributed by atoms with Gasteiger partial charge in [-0.15, -0.1) is 10.2 Å². The van der Waals surface area contributed by atoms with Gasteiger partial charge in [-0.3, -0.25) is 9.47 Å². The van der Waals surface area contributed by atoms with Crippen LogP contribution in [0.4, 0.5) is 23.4 Å². The van der Waals surface area contributed by atoms with Gasteiger partial charge in [0.1, 0.15) is 17.5 Å². The van der Waals surface area contributed by atoms with E-state index in [0.717, 1.165) is 54.6 Å². The van der Waals surface area contributed by atoms with Crippen molar-refractivity contribution in [3.8, 4) is 5.69 Å². The Labute approximate surface area is 210 Å². The summed E-state index contributed by atoms with van der Waals surface area (Å²) in [4.78, 5) is 8.42. The highest BCUT2D eigenvalue weighted by atomic mass is 35.5. The molecule has 3 aliphatic rings. The smallest absolute Gasteiger partial charge is 0.357 e. The molecule has 190 valence electrons. The summed E-state index contributed by atoms with van der Waals surface area (Å²) in [6, 6.07) is 8.63. The molecule has 0 atom stereocenters. The summed E-state index contributed by atoms with van der Waals surface area (Å²) in [5.41, 5.74) is 1.90. The van der Waals surface area contributed by atoms with Crippen LogP contribution >= 0.6 is 11.6 Å². The fourth-order valence-corrected chi connectivity index (χ4v) is 5.84. The van der Waals surface area contributed by atoms with Gasteiger partial charge >= 0.3 is 6.18 Å². The Hall–Kier alpha value is -2.72. The van der Waals surface area contributed by atoms with Crippen molar-refractivity contribution in [2.45, 2.75) is 56.9 Å². The first-order valence-corrected chi connectivity index (χ1v) is 12.5. The van der Waals surface area contributed by atoms with E-state index in [0.29, 0.717) is 18.1 Å². The third kappa shape index (κ3) is 4.34. The van der Waals surface area contributed by atoms with Gasteiger partial charge in [0.05, 0.1) is 24.3 Å². The van der Waals surface area contributed by atoms with E-state index < -0.39 is 12.1 Å². The Morgan fingerprint density at radius 2 is 1.75 bits per heavy atom. The van der Waals surface area contributed by atoms with Gasteiger partial charge in [-0.1, -0.05) is 11.6 Å². The van der Waals surface area contributed by atoms with Crippen LogP contribution in [0.3, 0.4) is 0 Å². The molecule has 1 saturated carbocycles. The number of piperidine rings is 1. The number of benzene rings is 1. The molecule has 11 heteroatoms. The van der Waals surface area contributed by atoms with Crippen molar-refractivity contribution in [2.75, 3.05) is 18.0 Å². The third-order valence-electron chi connectivity index (χ3n) is 7.74. The molecule has 0 amide bonds. The lowest BCUT2D eigenvalue weighted by Crippen LogP contribution is -2.48. The van der Waals surface area contributed by atoms with E-state index in [4.69, 9.17) is 11.6 Å². The molecule has 36 heavy (non-hydrogen) atoms. The maximum atomic E-state index is 13.3. The largest absolute Gasteiger partial charge is 0.391 e. The van der Waals surface area contributed by atoms with Crippen LogP contribution in [0.2, 0.25) is 5.02 Å². The number of halogens is 5. The molecule has 0 N–H and O–H groups in total. The molecule has 4 heterocycles. The normalized spacial score (nSPS) is 23.1. The van der Waals surface area contributed by atoms with E-state index in [2.05, 4.69) is 29.5 Å². The average molecular weight is 521 g/mol. The van der Waals surface area contributed by atoms with E-state index in [1.807, 2.05) is 18.2 Å². The second-order valence-corrected chi connectivity index (χ2v) is 10.4. The van der Waals surface area contributed by atoms with Crippen LogP contribution in [0.25, 0.3) is 5.69 Å². The summed E-state index contributed by atoms with van der Waals surface area (Å²) in [7, 11) is 0. The van der Waals surface area contributed by atoms with Gasteiger partial charge in [-0.25, -0.2) is 9.37 Å². The van der Waals surface area contributed by atoms with Crippen LogP contribution in [0, 0.1) is 11.7 Å². The number of hydrogen-bond acceptors (Lipinski definition) is 5. The van der Waals surface area contributed by atoms with Gasteiger partial charge in [-0.2, -0.15) is 13.2 Å². The molecular formula is C25H25ClF4N6. The fraction of sp³-hybridized carbons (Fsp3) is 0.480. The lowest BCUT2D eigenvalue weighted by molar-refractivity contribution is -0.207. The molecule has 3 aromatic rings. The highest BCUT2D eigenvalue weighted by molar-refractivity contribution is 6.30. The molecule has 1 saturated heterocycles. The Morgan fingerprint density at radius 3 is 2.44 bits per heavy atom. The molecule has 2 fully saturated rings. The first kappa shape index (κ1) is 23.7. The Kier molecular flexibility index (Phi) is 5.91. The zero-order chi connectivity index (χ0) is 25.0. The highest BCUT2D eigenvalue weighted by Crippen LogP contribution is 2.45. The van der Waals surface area contributed by atoms with E-state index >= 15 is 0 Å². The number of anilines is 1. The summed E-state index contributed by atoms with van der Waals surface area (Å²) >= 11 is 6.32. The molecule has 0 bridgehead atoms. The predicted octanol–water partition coefficient (Wildman–Crippen LogP) is 5.50. The summed E-state index contributed by atoms with van der Waals surface area (Å²) in [6.07, 6.45) is -1.03. The lowest BCUT2D eigenvalue weighted by Gasteiger charge is -2.43. The minimum atomic E-state index is -4.14. The summed E-state index contributed by atoms with van der Waals surface area (Å²) in [5, 5.41) is 9.67. The topological polar surface area (TPSA) is 50.1 Å². The van der Waals surface area contributed by atoms with Gasteiger partial charge in [-0.05, 0) is 61.6 Å². The second-order valence-electron chi connectivity index (χ2n) is 9.95. The number of fused-ring (bicyclic) bond motifs is 3. The molecule has 6 rings (SSSR count). The van der Waals surface area contributed by atoms with Crippen LogP contribution in [-0.2, 0) is 13.1 Å². The SMILES string of the molecule is Fc1ccc(N2CCC(c3nnc4n3-c3ccc(Cl)cc3CN(C3CC(C(F)(F)F)C3)C4)CC2)nc1. The molecule has 1 aliphatic carbocycles. The van der Waals surface area contributed by atoms with Gasteiger partial charge in [0, 0.05) is 36.6 Å². The molecule has 2 aliphatic heterocycles. The minimum absolute atomic E-state index is 0.107. The first-order valence-electron chi connectivity index (χ1n) is 12.2. The van der Waals surface area contributed by atoms with Crippen molar-refractivity contribution in [1.82, 2.24) is 24.6 Å². The van der Waals surface area contributed by atoms with Crippen molar-refractivity contribution in [1.29, 1.82) is 0 Å². The molecule has 6 nitrogen and oxygen atoms in total. The van der Waals surface area contributed by atoms with Crippen molar-refractivity contribution in [3.63, 3.8) is 0 Å². The van der Waals surface area contributed by atoms with Crippen LogP contribution in [0.15, 0.2) is 36.5 Å². The zero-order valence-electron chi connectivity index (χ0n) is 19.4. The van der Waals surface area contributed by atoms with E-state index in [9.17, 15) is 17.6 Å². The van der Waals surface area contributed by atoms with E-state index in [-0.39, 0.29) is 30.6 Å². The van der Waals surface area contributed by atoms with Gasteiger partial charge in [0.15, 0.2) is 5.82 Å². The average Bonchev–Trinajstić information content (AvgIpc) is 3.14. The number of pyridine rings is 1. The molecule has 0 radical (unpaired) electrons. The molecule has 0 unspecified atom stereocenters. The quantitative estimate of drug-likeness (QED) is 0.427. The van der Waals surface area contributed by atoms with Crippen LogP contribution < -0.4 is 4.90 Å². The van der Waals surface area contributed by atoms with Crippen LogP contribution in [-0.4, -0.2) is 50.0 Å². The monoisotopic (exact) mass is 520 g/mol. The summed E-state index contributed by atoms with van der Waals surface area (Å²) in [5.74, 6) is 0.926. The molecule has 2 aromatic heterocycles. The van der Waals surface area contributed by atoms with E-state index in [1.165, 1.54) is 12.3 Å². The van der Waals surface area contributed by atoms with Crippen molar-refractivity contribution >= 4 is 17.4 Å². The van der Waals surface area contributed by atoms with Crippen molar-refractivity contribution < 1.29 is 17.6 Å². The lowest BCUT2D eigenvalue weighted by atomic mass is 9.78. The Balaban J connectivity index is 1.26. The highest BCUT2D eigenvalue weighted by Gasteiger charge is 2.49. The van der Waals surface area contributed by atoms with Gasteiger partial charge in [0.25, 0.3) is 0 Å². The number of rotatable bonds is 3. The predicted molar refractivity (Wildman–Crippen MR) is 127 cm³/mol. The third-order valence-corrected chi connectivity index (χ3v) is 7.98. The number of alkyl halides is 3. The Bertz CT molecular complexity index is 1250. The molecule has 0 spiro atoms. The van der Waals surface area contributed by atoms with Crippen molar-refractivity contribution in [2.24, 2.45) is 5.92 Å². The van der Waals surface area contributed by atoms with E-state index in [1.54, 1.807) is 6.07 Å². The molecule has 1 aromatic carbocycles. The Morgan fingerprint density at radius 1 is 0.972 bits per heavy atom. The second kappa shape index (κ2) is 8.99. The van der Waals surface area contributed by atoms with Crippen LogP contribution in [0.5, 0.6) is 0 Å². The fourth-order valence-electron chi connectivity index (χ4n) is 5.65. The van der Waals surface area contributed by atoms with Gasteiger partial charge in [0.2, 0.25) is 0 Å². The van der Waals surface area contributed by atoms with Crippen LogP contribution in [0.1, 0.15) is 48.8 Å². The number of nitrogens with zero attached hydrogens (tertiary/aromatic N) is 6. The summed E-state index contributed by atoms with van der Waals surface area (Å²) < 4.78 is 54.7. The maximum Gasteiger partial charge on any atom is 0.391 e. The van der Waals surface area contributed by atoms with Crippen molar-refractivity contribution in [3.05, 3.63) is 64.6 Å². The maximum absolute atomic E-state index is 13.3. The number of aromatic nitrogens is 4. The zero-order valence-corrected chi connectivity index (χ0v) is 20.2. The molecular weight excluding hydrogens is 496 g/mol. The summed E-state index contributed by atoms with van der Waals surface area (Å²) in [6.45, 7) is 2.47. The standard InChI is InChI=1S/C25H25ClF4N6/c26-18-1-3-21-16(9-18)13-35(20-10-17(11-20)25(28,29)30)14-23-32-33-24(36(21)23)15-5-7-34(8-6-15)22-4-2-19(27)12-31-22/h1-4,9,12,15,17,20H,5-8,10-11,13-14H2.